The van der Waals surface area contributed by atoms with Crippen molar-refractivity contribution in [2.75, 3.05) is 6.61 Å². The van der Waals surface area contributed by atoms with Gasteiger partial charge in [-0.3, -0.25) is 4.98 Å². The van der Waals surface area contributed by atoms with E-state index in [0.717, 1.165) is 30.8 Å². The lowest BCUT2D eigenvalue weighted by Crippen LogP contribution is -2.19. The zero-order chi connectivity index (χ0) is 17.6. The Bertz CT molecular complexity index is 630. The van der Waals surface area contributed by atoms with Crippen LogP contribution in [0.3, 0.4) is 0 Å². The highest BCUT2D eigenvalue weighted by molar-refractivity contribution is 5.16. The molecule has 130 valence electrons. The quantitative estimate of drug-likeness (QED) is 0.710. The van der Waals surface area contributed by atoms with Crippen LogP contribution in [0, 0.1) is 10.8 Å². The molecule has 2 aromatic rings. The molecular weight excluding hydrogens is 296 g/mol. The zero-order valence-electron chi connectivity index (χ0n) is 15.7. The van der Waals surface area contributed by atoms with E-state index >= 15 is 0 Å². The lowest BCUT2D eigenvalue weighted by molar-refractivity contribution is 0.221. The summed E-state index contributed by atoms with van der Waals surface area (Å²) in [7, 11) is 0. The van der Waals surface area contributed by atoms with Gasteiger partial charge in [0.15, 0.2) is 0 Å². The van der Waals surface area contributed by atoms with Crippen LogP contribution in [-0.4, -0.2) is 16.6 Å². The van der Waals surface area contributed by atoms with Crippen LogP contribution in [0.1, 0.15) is 52.3 Å². The summed E-state index contributed by atoms with van der Waals surface area (Å²) >= 11 is 0. The third-order valence-corrected chi connectivity index (χ3v) is 3.93. The third kappa shape index (κ3) is 6.69. The summed E-state index contributed by atoms with van der Waals surface area (Å²) in [6.07, 6.45) is 6.70. The molecule has 0 aromatic carbocycles. The summed E-state index contributed by atoms with van der Waals surface area (Å²) in [5, 5.41) is 0. The topological polar surface area (TPSA) is 35.0 Å². The molecule has 0 amide bonds. The van der Waals surface area contributed by atoms with Gasteiger partial charge in [-0.05, 0) is 47.8 Å². The van der Waals surface area contributed by atoms with E-state index in [1.807, 2.05) is 30.6 Å². The maximum Gasteiger partial charge on any atom is 0.213 e. The van der Waals surface area contributed by atoms with E-state index in [-0.39, 0.29) is 10.8 Å². The Kier molecular flexibility index (Phi) is 5.98. The Balaban J connectivity index is 1.86. The minimum Gasteiger partial charge on any atom is -0.478 e. The molecule has 3 heteroatoms. The average molecular weight is 326 g/mol. The fourth-order valence-corrected chi connectivity index (χ4v) is 2.76. The SMILES string of the molecule is CC(C)(C)Cc1cccc(OCCC(C)(C)Cc2cccnc2)n1. The molecule has 24 heavy (non-hydrogen) atoms. The van der Waals surface area contributed by atoms with E-state index in [1.54, 1.807) is 0 Å². The van der Waals surface area contributed by atoms with E-state index in [2.05, 4.69) is 56.7 Å². The smallest absolute Gasteiger partial charge is 0.213 e. The van der Waals surface area contributed by atoms with Crippen molar-refractivity contribution in [1.29, 1.82) is 0 Å². The molecule has 0 aliphatic carbocycles. The first-order valence-corrected chi connectivity index (χ1v) is 8.71. The molecule has 2 heterocycles. The molecule has 0 fully saturated rings. The zero-order valence-corrected chi connectivity index (χ0v) is 15.7. The van der Waals surface area contributed by atoms with Crippen molar-refractivity contribution in [3.63, 3.8) is 0 Å². The molecule has 0 unspecified atom stereocenters. The van der Waals surface area contributed by atoms with Crippen molar-refractivity contribution in [2.24, 2.45) is 10.8 Å². The Labute approximate surface area is 146 Å². The van der Waals surface area contributed by atoms with Gasteiger partial charge in [0.05, 0.1) is 6.61 Å². The normalized spacial score (nSPS) is 12.2. The van der Waals surface area contributed by atoms with Crippen LogP contribution in [0.15, 0.2) is 42.7 Å². The first kappa shape index (κ1) is 18.4. The Morgan fingerprint density at radius 1 is 0.958 bits per heavy atom. The van der Waals surface area contributed by atoms with Gasteiger partial charge in [0.1, 0.15) is 0 Å². The summed E-state index contributed by atoms with van der Waals surface area (Å²) in [6.45, 7) is 11.9. The number of hydrogen-bond acceptors (Lipinski definition) is 3. The standard InChI is InChI=1S/C21H30N2O/c1-20(2,3)15-18-9-6-10-19(23-18)24-13-11-21(4,5)14-17-8-7-12-22-16-17/h6-10,12,16H,11,13-15H2,1-5H3. The van der Waals surface area contributed by atoms with E-state index < -0.39 is 0 Å². The van der Waals surface area contributed by atoms with Crippen LogP contribution in [0.4, 0.5) is 0 Å². The molecule has 0 aliphatic heterocycles. The van der Waals surface area contributed by atoms with Crippen LogP contribution in [-0.2, 0) is 12.8 Å². The summed E-state index contributed by atoms with van der Waals surface area (Å²) in [5.74, 6) is 0.730. The maximum atomic E-state index is 5.91. The number of aromatic nitrogens is 2. The van der Waals surface area contributed by atoms with E-state index in [0.29, 0.717) is 6.61 Å². The minimum atomic E-state index is 0.173. The van der Waals surface area contributed by atoms with Crippen LogP contribution < -0.4 is 4.74 Å². The number of ether oxygens (including phenoxy) is 1. The Morgan fingerprint density at radius 3 is 2.42 bits per heavy atom. The Hall–Kier alpha value is -1.90. The molecule has 2 aromatic heterocycles. The third-order valence-electron chi connectivity index (χ3n) is 3.93. The molecule has 2 rings (SSSR count). The van der Waals surface area contributed by atoms with Crippen LogP contribution in [0.25, 0.3) is 0 Å². The van der Waals surface area contributed by atoms with Crippen LogP contribution in [0.2, 0.25) is 0 Å². The predicted octanol–water partition coefficient (Wildman–Crippen LogP) is 5.10. The highest BCUT2D eigenvalue weighted by Gasteiger charge is 2.19. The summed E-state index contributed by atoms with van der Waals surface area (Å²) in [5.41, 5.74) is 2.77. The van der Waals surface area contributed by atoms with Crippen molar-refractivity contribution >= 4 is 0 Å². The molecular formula is C21H30N2O. The second kappa shape index (κ2) is 7.78. The molecule has 0 bridgehead atoms. The number of hydrogen-bond donors (Lipinski definition) is 0. The van der Waals surface area contributed by atoms with Crippen molar-refractivity contribution in [1.82, 2.24) is 9.97 Å². The highest BCUT2D eigenvalue weighted by atomic mass is 16.5. The lowest BCUT2D eigenvalue weighted by Gasteiger charge is -2.24. The van der Waals surface area contributed by atoms with Crippen molar-refractivity contribution in [3.05, 3.63) is 54.0 Å². The van der Waals surface area contributed by atoms with Crippen molar-refractivity contribution in [2.45, 2.75) is 53.9 Å². The van der Waals surface area contributed by atoms with E-state index in [4.69, 9.17) is 4.74 Å². The van der Waals surface area contributed by atoms with E-state index in [9.17, 15) is 0 Å². The van der Waals surface area contributed by atoms with Gasteiger partial charge in [0, 0.05) is 24.2 Å². The Morgan fingerprint density at radius 2 is 1.75 bits per heavy atom. The number of rotatable bonds is 7. The largest absolute Gasteiger partial charge is 0.478 e. The first-order chi connectivity index (χ1) is 11.2. The first-order valence-electron chi connectivity index (χ1n) is 8.71. The highest BCUT2D eigenvalue weighted by Crippen LogP contribution is 2.26. The van der Waals surface area contributed by atoms with Crippen LogP contribution in [0.5, 0.6) is 5.88 Å². The van der Waals surface area contributed by atoms with Gasteiger partial charge in [0.2, 0.25) is 5.88 Å². The number of nitrogens with zero attached hydrogens (tertiary/aromatic N) is 2. The maximum absolute atomic E-state index is 5.91. The number of pyridine rings is 2. The summed E-state index contributed by atoms with van der Waals surface area (Å²) in [6, 6.07) is 10.2. The van der Waals surface area contributed by atoms with Gasteiger partial charge in [-0.1, -0.05) is 46.8 Å². The van der Waals surface area contributed by atoms with Crippen molar-refractivity contribution < 1.29 is 4.74 Å². The van der Waals surface area contributed by atoms with Crippen LogP contribution >= 0.6 is 0 Å². The van der Waals surface area contributed by atoms with Gasteiger partial charge in [-0.25, -0.2) is 4.98 Å². The summed E-state index contributed by atoms with van der Waals surface area (Å²) < 4.78 is 5.91. The monoisotopic (exact) mass is 326 g/mol. The fraction of sp³-hybridized carbons (Fsp3) is 0.524. The van der Waals surface area contributed by atoms with Gasteiger partial charge < -0.3 is 4.74 Å². The minimum absolute atomic E-state index is 0.173. The fourth-order valence-electron chi connectivity index (χ4n) is 2.76. The van der Waals surface area contributed by atoms with Gasteiger partial charge in [-0.2, -0.15) is 0 Å². The molecule has 0 saturated heterocycles. The second-order valence-corrected chi connectivity index (χ2v) is 8.51. The molecule has 0 spiro atoms. The summed E-state index contributed by atoms with van der Waals surface area (Å²) in [4.78, 5) is 8.82. The van der Waals surface area contributed by atoms with Gasteiger partial charge >= 0.3 is 0 Å². The molecule has 0 N–H and O–H groups in total. The van der Waals surface area contributed by atoms with E-state index in [1.165, 1.54) is 5.56 Å². The molecule has 0 aliphatic rings. The lowest BCUT2D eigenvalue weighted by atomic mass is 9.83. The molecule has 0 saturated carbocycles. The second-order valence-electron chi connectivity index (χ2n) is 8.51. The molecule has 0 atom stereocenters. The van der Waals surface area contributed by atoms with Gasteiger partial charge in [-0.15, -0.1) is 0 Å². The molecule has 0 radical (unpaired) electrons. The average Bonchev–Trinajstić information content (AvgIpc) is 2.46. The predicted molar refractivity (Wildman–Crippen MR) is 99.2 cm³/mol. The van der Waals surface area contributed by atoms with Gasteiger partial charge in [0.25, 0.3) is 0 Å². The van der Waals surface area contributed by atoms with Crippen molar-refractivity contribution in [3.8, 4) is 5.88 Å². The molecule has 3 nitrogen and oxygen atoms in total.